The molecule has 2 heterocycles. The van der Waals surface area contributed by atoms with Crippen LogP contribution in [0.4, 0.5) is 0 Å². The number of hydrogen-bond donors (Lipinski definition) is 1. The van der Waals surface area contributed by atoms with Gasteiger partial charge in [0.15, 0.2) is 0 Å². The van der Waals surface area contributed by atoms with Crippen LogP contribution in [0, 0.1) is 13.8 Å². The molecular weight excluding hydrogens is 318 g/mol. The van der Waals surface area contributed by atoms with Crippen molar-refractivity contribution in [1.29, 1.82) is 0 Å². The lowest BCUT2D eigenvalue weighted by atomic mass is 10.2. The van der Waals surface area contributed by atoms with Crippen LogP contribution < -0.4 is 4.74 Å². The molecule has 1 aromatic carbocycles. The molecule has 25 heavy (non-hydrogen) atoms. The fourth-order valence-electron chi connectivity index (χ4n) is 3.08. The molecule has 2 unspecified atom stereocenters. The zero-order valence-electron chi connectivity index (χ0n) is 15.0. The molecule has 0 bridgehead atoms. The smallest absolute Gasteiger partial charge is 0.119 e. The normalized spacial score (nSPS) is 19.7. The van der Waals surface area contributed by atoms with Crippen molar-refractivity contribution in [2.45, 2.75) is 32.6 Å². The number of benzene rings is 1. The molecule has 1 N–H and O–H groups in total. The first kappa shape index (κ1) is 17.9. The summed E-state index contributed by atoms with van der Waals surface area (Å²) in [6, 6.07) is 7.87. The summed E-state index contributed by atoms with van der Waals surface area (Å²) in [5.41, 5.74) is 2.30. The monoisotopic (exact) mass is 345 g/mol. The number of aliphatic hydroxyl groups excluding tert-OH is 1. The third-order valence-electron chi connectivity index (χ3n) is 4.28. The number of aliphatic hydroxyl groups is 1. The van der Waals surface area contributed by atoms with Gasteiger partial charge < -0.3 is 14.6 Å². The molecule has 1 fully saturated rings. The Kier molecular flexibility index (Phi) is 6.07. The van der Waals surface area contributed by atoms with Gasteiger partial charge in [-0.05, 0) is 37.1 Å². The van der Waals surface area contributed by atoms with Gasteiger partial charge in [-0.15, -0.1) is 0 Å². The summed E-state index contributed by atoms with van der Waals surface area (Å²) in [7, 11) is 0. The summed E-state index contributed by atoms with van der Waals surface area (Å²) in [5.74, 6) is 0.799. The van der Waals surface area contributed by atoms with Gasteiger partial charge >= 0.3 is 0 Å². The average Bonchev–Trinajstić information content (AvgIpc) is 2.98. The zero-order valence-corrected chi connectivity index (χ0v) is 15.0. The number of β-amino-alcohol motifs (C(OH)–C–C–N with tert-alkyl or cyclic N) is 1. The second-order valence-corrected chi connectivity index (χ2v) is 6.77. The molecule has 1 aliphatic heterocycles. The van der Waals surface area contributed by atoms with E-state index in [0.717, 1.165) is 36.5 Å². The van der Waals surface area contributed by atoms with Gasteiger partial charge in [0.05, 0.1) is 25.5 Å². The lowest BCUT2D eigenvalue weighted by Crippen LogP contribution is -2.47. The highest BCUT2D eigenvalue weighted by molar-refractivity contribution is 5.27. The SMILES string of the molecule is Cc1cccc(OCC(O)CN2CCOC(Cn3cc(C)cn3)C2)c1. The maximum atomic E-state index is 10.3. The first-order valence-corrected chi connectivity index (χ1v) is 8.79. The zero-order chi connectivity index (χ0) is 17.6. The third kappa shape index (κ3) is 5.56. The van der Waals surface area contributed by atoms with Gasteiger partial charge in [0, 0.05) is 25.8 Å². The van der Waals surface area contributed by atoms with Crippen molar-refractivity contribution in [3.8, 4) is 5.75 Å². The molecule has 3 rings (SSSR count). The van der Waals surface area contributed by atoms with Gasteiger partial charge in [-0.3, -0.25) is 9.58 Å². The molecule has 0 spiro atoms. The van der Waals surface area contributed by atoms with Crippen LogP contribution in [-0.2, 0) is 11.3 Å². The van der Waals surface area contributed by atoms with Crippen molar-refractivity contribution in [2.75, 3.05) is 32.8 Å². The molecule has 1 saturated heterocycles. The second kappa shape index (κ2) is 8.47. The summed E-state index contributed by atoms with van der Waals surface area (Å²) >= 11 is 0. The van der Waals surface area contributed by atoms with Gasteiger partial charge in [0.25, 0.3) is 0 Å². The van der Waals surface area contributed by atoms with Gasteiger partial charge in [0.1, 0.15) is 18.5 Å². The first-order valence-electron chi connectivity index (χ1n) is 8.79. The Bertz CT molecular complexity index is 673. The van der Waals surface area contributed by atoms with Gasteiger partial charge in [0.2, 0.25) is 0 Å². The molecule has 2 atom stereocenters. The highest BCUT2D eigenvalue weighted by Crippen LogP contribution is 2.13. The van der Waals surface area contributed by atoms with Crippen LogP contribution in [0.2, 0.25) is 0 Å². The lowest BCUT2D eigenvalue weighted by Gasteiger charge is -2.34. The largest absolute Gasteiger partial charge is 0.491 e. The maximum absolute atomic E-state index is 10.3. The van der Waals surface area contributed by atoms with Crippen molar-refractivity contribution in [3.05, 3.63) is 47.8 Å². The molecule has 0 saturated carbocycles. The van der Waals surface area contributed by atoms with E-state index in [1.165, 1.54) is 0 Å². The van der Waals surface area contributed by atoms with Crippen molar-refractivity contribution in [1.82, 2.24) is 14.7 Å². The molecule has 136 valence electrons. The van der Waals surface area contributed by atoms with Crippen LogP contribution >= 0.6 is 0 Å². The first-order chi connectivity index (χ1) is 12.1. The summed E-state index contributed by atoms with van der Waals surface area (Å²) < 4.78 is 13.4. The molecule has 6 nitrogen and oxygen atoms in total. The van der Waals surface area contributed by atoms with E-state index < -0.39 is 6.10 Å². The number of ether oxygens (including phenoxy) is 2. The molecular formula is C19H27N3O3. The van der Waals surface area contributed by atoms with Gasteiger partial charge in [-0.25, -0.2) is 0 Å². The predicted octanol–water partition coefficient (Wildman–Crippen LogP) is 1.64. The number of aryl methyl sites for hydroxylation is 2. The Morgan fingerprint density at radius 1 is 1.36 bits per heavy atom. The highest BCUT2D eigenvalue weighted by Gasteiger charge is 2.23. The van der Waals surface area contributed by atoms with E-state index in [2.05, 4.69) is 10.00 Å². The molecule has 6 heteroatoms. The number of aromatic nitrogens is 2. The average molecular weight is 345 g/mol. The Labute approximate surface area is 149 Å². The van der Waals surface area contributed by atoms with Crippen molar-refractivity contribution in [2.24, 2.45) is 0 Å². The van der Waals surface area contributed by atoms with Crippen LogP contribution in [0.1, 0.15) is 11.1 Å². The topological polar surface area (TPSA) is 59.8 Å². The summed E-state index contributed by atoms with van der Waals surface area (Å²) in [4.78, 5) is 2.23. The molecule has 1 aliphatic rings. The Balaban J connectivity index is 1.43. The van der Waals surface area contributed by atoms with E-state index in [1.807, 2.05) is 55.2 Å². The van der Waals surface area contributed by atoms with Crippen LogP contribution in [0.25, 0.3) is 0 Å². The number of hydrogen-bond acceptors (Lipinski definition) is 5. The van der Waals surface area contributed by atoms with E-state index in [4.69, 9.17) is 9.47 Å². The summed E-state index contributed by atoms with van der Waals surface area (Å²) in [5, 5.41) is 14.6. The van der Waals surface area contributed by atoms with Crippen molar-refractivity contribution >= 4 is 0 Å². The van der Waals surface area contributed by atoms with Gasteiger partial charge in [-0.1, -0.05) is 12.1 Å². The van der Waals surface area contributed by atoms with Crippen LogP contribution in [0.15, 0.2) is 36.7 Å². The van der Waals surface area contributed by atoms with E-state index >= 15 is 0 Å². The fourth-order valence-corrected chi connectivity index (χ4v) is 3.08. The van der Waals surface area contributed by atoms with Crippen LogP contribution in [0.5, 0.6) is 5.75 Å². The molecule has 0 radical (unpaired) electrons. The number of rotatable bonds is 7. The summed E-state index contributed by atoms with van der Waals surface area (Å²) in [6.45, 7) is 7.97. The van der Waals surface area contributed by atoms with E-state index in [-0.39, 0.29) is 6.10 Å². The Morgan fingerprint density at radius 2 is 2.24 bits per heavy atom. The standard InChI is InChI=1S/C19H27N3O3/c1-15-4-3-5-18(8-15)25-14-17(23)11-21-6-7-24-19(12-21)13-22-10-16(2)9-20-22/h3-5,8-10,17,19,23H,6-7,11-14H2,1-2H3. The van der Waals surface area contributed by atoms with Crippen LogP contribution in [-0.4, -0.2) is 64.8 Å². The minimum atomic E-state index is -0.522. The molecule has 1 aromatic heterocycles. The minimum absolute atomic E-state index is 0.0953. The second-order valence-electron chi connectivity index (χ2n) is 6.77. The minimum Gasteiger partial charge on any atom is -0.491 e. The fraction of sp³-hybridized carbons (Fsp3) is 0.526. The number of nitrogens with zero attached hydrogens (tertiary/aromatic N) is 3. The van der Waals surface area contributed by atoms with Crippen molar-refractivity contribution in [3.63, 3.8) is 0 Å². The summed E-state index contributed by atoms with van der Waals surface area (Å²) in [6.07, 6.45) is 3.45. The van der Waals surface area contributed by atoms with Crippen LogP contribution in [0.3, 0.4) is 0 Å². The third-order valence-corrected chi connectivity index (χ3v) is 4.28. The Hall–Kier alpha value is -1.89. The quantitative estimate of drug-likeness (QED) is 0.827. The predicted molar refractivity (Wildman–Crippen MR) is 95.8 cm³/mol. The van der Waals surface area contributed by atoms with Gasteiger partial charge in [-0.2, -0.15) is 5.10 Å². The molecule has 2 aromatic rings. The molecule has 0 aliphatic carbocycles. The Morgan fingerprint density at radius 3 is 3.00 bits per heavy atom. The maximum Gasteiger partial charge on any atom is 0.119 e. The number of morpholine rings is 1. The highest BCUT2D eigenvalue weighted by atomic mass is 16.5. The van der Waals surface area contributed by atoms with E-state index in [9.17, 15) is 5.11 Å². The lowest BCUT2D eigenvalue weighted by molar-refractivity contribution is -0.0517. The van der Waals surface area contributed by atoms with E-state index in [0.29, 0.717) is 19.8 Å². The van der Waals surface area contributed by atoms with E-state index in [1.54, 1.807) is 0 Å². The molecule has 0 amide bonds. The van der Waals surface area contributed by atoms with Crippen molar-refractivity contribution < 1.29 is 14.6 Å².